The number of rotatable bonds is 12. The summed E-state index contributed by atoms with van der Waals surface area (Å²) in [5, 5.41) is 1.14. The van der Waals surface area contributed by atoms with Crippen LogP contribution in [0.15, 0.2) is 90.0 Å². The number of unbranched alkanes of at least 4 members (excludes halogenated alkanes) is 1. The van der Waals surface area contributed by atoms with E-state index in [0.717, 1.165) is 34.0 Å². The molecule has 194 valence electrons. The van der Waals surface area contributed by atoms with E-state index < -0.39 is 10.0 Å². The highest BCUT2D eigenvalue weighted by Crippen LogP contribution is 2.20. The summed E-state index contributed by atoms with van der Waals surface area (Å²) >= 11 is 0. The fourth-order valence-electron chi connectivity index (χ4n) is 4.42. The number of nitrogens with zero attached hydrogens (tertiary/aromatic N) is 2. The Kier molecular flexibility index (Phi) is 8.79. The normalized spacial score (nSPS) is 11.8. The molecule has 0 aliphatic rings. The van der Waals surface area contributed by atoms with E-state index >= 15 is 0 Å². The Morgan fingerprint density at radius 2 is 1.59 bits per heavy atom. The van der Waals surface area contributed by atoms with E-state index in [1.807, 2.05) is 68.6 Å². The van der Waals surface area contributed by atoms with Crippen LogP contribution in [-0.4, -0.2) is 48.1 Å². The molecule has 1 N–H and O–H groups in total. The van der Waals surface area contributed by atoms with Crippen LogP contribution in [0.2, 0.25) is 0 Å². The molecule has 0 atom stereocenters. The molecule has 0 aliphatic heterocycles. The molecule has 0 saturated carbocycles. The van der Waals surface area contributed by atoms with Crippen LogP contribution in [-0.2, 0) is 27.8 Å². The molecule has 0 fully saturated rings. The van der Waals surface area contributed by atoms with Crippen molar-refractivity contribution in [3.8, 4) is 0 Å². The zero-order valence-corrected chi connectivity index (χ0v) is 22.4. The molecule has 1 heterocycles. The third-order valence-corrected chi connectivity index (χ3v) is 8.49. The number of hydrogen-bond donors (Lipinski definition) is 1. The second kappa shape index (κ2) is 12.2. The maximum absolute atomic E-state index is 13.7. The van der Waals surface area contributed by atoms with Gasteiger partial charge in [-0.05, 0) is 49.1 Å². The Hall–Kier alpha value is -3.42. The van der Waals surface area contributed by atoms with Crippen LogP contribution in [0.5, 0.6) is 0 Å². The van der Waals surface area contributed by atoms with E-state index in [1.165, 1.54) is 4.31 Å². The van der Waals surface area contributed by atoms with E-state index in [4.69, 9.17) is 0 Å². The van der Waals surface area contributed by atoms with Crippen molar-refractivity contribution in [3.05, 3.63) is 102 Å². The Morgan fingerprint density at radius 1 is 0.892 bits per heavy atom. The molecule has 6 nitrogen and oxygen atoms in total. The Bertz CT molecular complexity index is 1410. The maximum Gasteiger partial charge on any atom is 0.243 e. The van der Waals surface area contributed by atoms with Gasteiger partial charge in [0.2, 0.25) is 15.9 Å². The molecule has 0 bridgehead atoms. The van der Waals surface area contributed by atoms with Gasteiger partial charge in [-0.1, -0.05) is 79.6 Å². The average Bonchev–Trinajstić information content (AvgIpc) is 3.32. The van der Waals surface area contributed by atoms with Crippen molar-refractivity contribution in [2.45, 2.75) is 44.6 Å². The Morgan fingerprint density at radius 3 is 2.32 bits per heavy atom. The lowest BCUT2D eigenvalue weighted by Gasteiger charge is -2.27. The van der Waals surface area contributed by atoms with E-state index in [1.54, 1.807) is 29.2 Å². The predicted molar refractivity (Wildman–Crippen MR) is 149 cm³/mol. The van der Waals surface area contributed by atoms with Gasteiger partial charge in [-0.3, -0.25) is 4.79 Å². The first-order chi connectivity index (χ1) is 17.9. The third kappa shape index (κ3) is 6.67. The first-order valence-corrected chi connectivity index (χ1v) is 14.3. The fourth-order valence-corrected chi connectivity index (χ4v) is 5.85. The summed E-state index contributed by atoms with van der Waals surface area (Å²) in [6, 6.07) is 24.8. The number of benzene rings is 3. The summed E-state index contributed by atoms with van der Waals surface area (Å²) in [6.45, 7) is 4.97. The third-order valence-electron chi connectivity index (χ3n) is 6.63. The summed E-state index contributed by atoms with van der Waals surface area (Å²) in [6.07, 6.45) is 4.18. The minimum atomic E-state index is -3.80. The predicted octanol–water partition coefficient (Wildman–Crippen LogP) is 5.54. The number of H-pyrrole nitrogens is 1. The summed E-state index contributed by atoms with van der Waals surface area (Å²) in [5.74, 6) is -0.199. The quantitative estimate of drug-likeness (QED) is 0.268. The van der Waals surface area contributed by atoms with Crippen molar-refractivity contribution in [1.29, 1.82) is 0 Å². The van der Waals surface area contributed by atoms with Crippen LogP contribution in [0.3, 0.4) is 0 Å². The topological polar surface area (TPSA) is 73.5 Å². The van der Waals surface area contributed by atoms with Crippen molar-refractivity contribution in [1.82, 2.24) is 14.2 Å². The number of fused-ring (bicyclic) bond motifs is 1. The van der Waals surface area contributed by atoms with Crippen molar-refractivity contribution in [3.63, 3.8) is 0 Å². The Balaban J connectivity index is 1.57. The molecule has 37 heavy (non-hydrogen) atoms. The molecule has 4 aromatic rings. The van der Waals surface area contributed by atoms with Gasteiger partial charge >= 0.3 is 0 Å². The molecular weight excluding hydrogens is 482 g/mol. The molecule has 0 aliphatic carbocycles. The molecule has 7 heteroatoms. The van der Waals surface area contributed by atoms with E-state index in [2.05, 4.69) is 11.1 Å². The van der Waals surface area contributed by atoms with Crippen molar-refractivity contribution in [2.24, 2.45) is 0 Å². The number of carbonyl (C=O) groups is 1. The number of sulfonamides is 1. The van der Waals surface area contributed by atoms with Crippen LogP contribution < -0.4 is 0 Å². The molecule has 1 amide bonds. The smallest absolute Gasteiger partial charge is 0.243 e. The molecule has 0 unspecified atom stereocenters. The second-order valence-electron chi connectivity index (χ2n) is 9.42. The fraction of sp³-hybridized carbons (Fsp3) is 0.300. The number of aromatic nitrogens is 1. The summed E-state index contributed by atoms with van der Waals surface area (Å²) in [4.78, 5) is 19.0. The van der Waals surface area contributed by atoms with Crippen molar-refractivity contribution in [2.75, 3.05) is 19.6 Å². The summed E-state index contributed by atoms with van der Waals surface area (Å²) < 4.78 is 28.4. The Labute approximate surface area is 220 Å². The highest BCUT2D eigenvalue weighted by molar-refractivity contribution is 7.89. The first-order valence-electron chi connectivity index (χ1n) is 12.8. The number of aromatic amines is 1. The van der Waals surface area contributed by atoms with E-state index in [0.29, 0.717) is 32.5 Å². The van der Waals surface area contributed by atoms with Gasteiger partial charge < -0.3 is 9.88 Å². The number of nitrogens with one attached hydrogen (secondary N) is 1. The molecule has 0 saturated heterocycles. The molecule has 0 spiro atoms. The van der Waals surface area contributed by atoms with Gasteiger partial charge in [-0.25, -0.2) is 8.42 Å². The largest absolute Gasteiger partial charge is 0.361 e. The van der Waals surface area contributed by atoms with Gasteiger partial charge in [-0.15, -0.1) is 0 Å². The zero-order chi connectivity index (χ0) is 26.3. The maximum atomic E-state index is 13.7. The number of hydrogen-bond acceptors (Lipinski definition) is 3. The van der Waals surface area contributed by atoms with Gasteiger partial charge in [0.1, 0.15) is 0 Å². The van der Waals surface area contributed by atoms with Crippen LogP contribution >= 0.6 is 0 Å². The van der Waals surface area contributed by atoms with Gasteiger partial charge in [0.25, 0.3) is 0 Å². The van der Waals surface area contributed by atoms with Gasteiger partial charge in [0.15, 0.2) is 0 Å². The van der Waals surface area contributed by atoms with Gasteiger partial charge in [-0.2, -0.15) is 4.31 Å². The number of aryl methyl sites for hydroxylation is 1. The van der Waals surface area contributed by atoms with Crippen LogP contribution in [0.1, 0.15) is 36.5 Å². The average molecular weight is 518 g/mol. The zero-order valence-electron chi connectivity index (χ0n) is 21.6. The first kappa shape index (κ1) is 26.6. The molecule has 1 aromatic heterocycles. The molecular formula is C30H35N3O3S. The monoisotopic (exact) mass is 517 g/mol. The van der Waals surface area contributed by atoms with Crippen LogP contribution in [0, 0.1) is 6.92 Å². The summed E-state index contributed by atoms with van der Waals surface area (Å²) in [5.41, 5.74) is 4.20. The molecule has 3 aromatic carbocycles. The lowest BCUT2D eigenvalue weighted by Crippen LogP contribution is -2.43. The lowest BCUT2D eigenvalue weighted by molar-refractivity contribution is -0.132. The van der Waals surface area contributed by atoms with E-state index in [-0.39, 0.29) is 17.3 Å². The molecule has 4 rings (SSSR count). The second-order valence-corrected chi connectivity index (χ2v) is 11.4. The van der Waals surface area contributed by atoms with E-state index in [9.17, 15) is 13.2 Å². The number of para-hydroxylation sites is 1. The standard InChI is InChI=1S/C30H35N3O3S/c1-3-4-19-33(37(35,36)27-16-14-24(2)15-17-27)23-30(34)32(22-25-10-6-5-7-11-25)20-18-26-21-31-29-13-9-8-12-28(26)29/h5-17,21,31H,3-4,18-20,22-23H2,1-2H3. The van der Waals surface area contributed by atoms with Gasteiger partial charge in [0, 0.05) is 36.7 Å². The highest BCUT2D eigenvalue weighted by Gasteiger charge is 2.28. The highest BCUT2D eigenvalue weighted by atomic mass is 32.2. The van der Waals surface area contributed by atoms with Crippen molar-refractivity contribution < 1.29 is 13.2 Å². The van der Waals surface area contributed by atoms with Crippen LogP contribution in [0.4, 0.5) is 0 Å². The van der Waals surface area contributed by atoms with Crippen molar-refractivity contribution >= 4 is 26.8 Å². The number of carbonyl (C=O) groups excluding carboxylic acids is 1. The minimum absolute atomic E-state index is 0.184. The SMILES string of the molecule is CCCCN(CC(=O)N(CCc1c[nH]c2ccccc12)Cc1ccccc1)S(=O)(=O)c1ccc(C)cc1. The minimum Gasteiger partial charge on any atom is -0.361 e. The van der Waals surface area contributed by atoms with Crippen LogP contribution in [0.25, 0.3) is 10.9 Å². The lowest BCUT2D eigenvalue weighted by atomic mass is 10.1. The molecule has 0 radical (unpaired) electrons. The number of amides is 1. The summed E-state index contributed by atoms with van der Waals surface area (Å²) in [7, 11) is -3.80. The van der Waals surface area contributed by atoms with Gasteiger partial charge in [0.05, 0.1) is 11.4 Å².